The van der Waals surface area contributed by atoms with Crippen molar-refractivity contribution in [3.8, 4) is 0 Å². The summed E-state index contributed by atoms with van der Waals surface area (Å²) in [6.45, 7) is 1.86. The number of halogens is 1. The molecule has 6 nitrogen and oxygen atoms in total. The zero-order chi connectivity index (χ0) is 22.9. The predicted molar refractivity (Wildman–Crippen MR) is 128 cm³/mol. The van der Waals surface area contributed by atoms with Crippen molar-refractivity contribution in [3.05, 3.63) is 100 Å². The molecule has 3 aromatic carbocycles. The molecule has 0 unspecified atom stereocenters. The fourth-order valence-electron chi connectivity index (χ4n) is 3.25. The number of nitrogens with zero attached hydrogens (tertiary/aromatic N) is 2. The molecule has 0 N–H and O–H groups in total. The van der Waals surface area contributed by atoms with E-state index in [0.717, 1.165) is 25.5 Å². The van der Waals surface area contributed by atoms with Gasteiger partial charge in [0.15, 0.2) is 0 Å². The minimum atomic E-state index is -4.15. The Morgan fingerprint density at radius 2 is 1.47 bits per heavy atom. The van der Waals surface area contributed by atoms with Gasteiger partial charge in [0.05, 0.1) is 9.79 Å². The molecule has 0 spiro atoms. The van der Waals surface area contributed by atoms with Crippen molar-refractivity contribution in [2.24, 2.45) is 4.40 Å². The van der Waals surface area contributed by atoms with E-state index >= 15 is 0 Å². The molecule has 0 fully saturated rings. The fraction of sp³-hybridized carbons (Fsp3) is 0.0870. The zero-order valence-corrected chi connectivity index (χ0v) is 20.2. The summed E-state index contributed by atoms with van der Waals surface area (Å²) in [5.74, 6) is -0.102. The fourth-order valence-corrected chi connectivity index (χ4v) is 5.90. The topological polar surface area (TPSA) is 83.9 Å². The van der Waals surface area contributed by atoms with E-state index in [-0.39, 0.29) is 22.0 Å². The second-order valence-electron chi connectivity index (χ2n) is 7.24. The standard InChI is InChI=1S/C23H19BrN2O4S2/c1-17-6-10-22(11-7-17)32(29,30)26-15-14-18-4-2-3-5-19(18)16-23(26)25-31(27,28)21-12-8-20(24)9-13-21/h2-15H,16H2,1H3/b25-23-. The molecular formula is C23H19BrN2O4S2. The molecule has 164 valence electrons. The first-order valence-corrected chi connectivity index (χ1v) is 13.3. The Morgan fingerprint density at radius 3 is 2.16 bits per heavy atom. The van der Waals surface area contributed by atoms with Gasteiger partial charge in [-0.2, -0.15) is 8.42 Å². The van der Waals surface area contributed by atoms with E-state index in [1.807, 2.05) is 31.2 Å². The average molecular weight is 531 g/mol. The summed E-state index contributed by atoms with van der Waals surface area (Å²) in [6, 6.07) is 19.7. The number of sulfonamides is 2. The Labute approximate surface area is 196 Å². The second-order valence-corrected chi connectivity index (χ2v) is 11.6. The van der Waals surface area contributed by atoms with Crippen molar-refractivity contribution < 1.29 is 16.8 Å². The number of aryl methyl sites for hydroxylation is 1. The molecule has 0 amide bonds. The molecule has 3 aromatic rings. The summed E-state index contributed by atoms with van der Waals surface area (Å²) in [5.41, 5.74) is 2.48. The molecule has 1 heterocycles. The van der Waals surface area contributed by atoms with Crippen LogP contribution in [0.3, 0.4) is 0 Å². The Hall–Kier alpha value is -2.75. The molecule has 0 atom stereocenters. The maximum absolute atomic E-state index is 13.5. The maximum Gasteiger partial charge on any atom is 0.283 e. The van der Waals surface area contributed by atoms with Gasteiger partial charge in [-0.05, 0) is 60.5 Å². The van der Waals surface area contributed by atoms with Crippen LogP contribution >= 0.6 is 15.9 Å². The number of amidine groups is 1. The number of hydrogen-bond donors (Lipinski definition) is 0. The van der Waals surface area contributed by atoms with Gasteiger partial charge in [-0.3, -0.25) is 0 Å². The molecule has 0 saturated heterocycles. The molecular weight excluding hydrogens is 512 g/mol. The van der Waals surface area contributed by atoms with Gasteiger partial charge in [0.25, 0.3) is 20.0 Å². The summed E-state index contributed by atoms with van der Waals surface area (Å²) < 4.78 is 58.7. The molecule has 1 aliphatic rings. The molecule has 0 aliphatic carbocycles. The van der Waals surface area contributed by atoms with Gasteiger partial charge < -0.3 is 0 Å². The highest BCUT2D eigenvalue weighted by Gasteiger charge is 2.30. The first-order valence-electron chi connectivity index (χ1n) is 9.63. The summed E-state index contributed by atoms with van der Waals surface area (Å²) >= 11 is 3.28. The molecule has 0 radical (unpaired) electrons. The van der Waals surface area contributed by atoms with E-state index in [9.17, 15) is 16.8 Å². The monoisotopic (exact) mass is 530 g/mol. The van der Waals surface area contributed by atoms with Crippen LogP contribution < -0.4 is 0 Å². The predicted octanol–water partition coefficient (Wildman–Crippen LogP) is 4.76. The summed E-state index contributed by atoms with van der Waals surface area (Å²) in [5, 5.41) is 0. The van der Waals surface area contributed by atoms with E-state index < -0.39 is 20.0 Å². The van der Waals surface area contributed by atoms with Crippen LogP contribution in [0.5, 0.6) is 0 Å². The van der Waals surface area contributed by atoms with Crippen molar-refractivity contribution in [1.82, 2.24) is 4.31 Å². The van der Waals surface area contributed by atoms with Crippen molar-refractivity contribution in [2.75, 3.05) is 0 Å². The van der Waals surface area contributed by atoms with E-state index in [0.29, 0.717) is 0 Å². The van der Waals surface area contributed by atoms with Gasteiger partial charge in [-0.25, -0.2) is 12.7 Å². The number of rotatable bonds is 4. The van der Waals surface area contributed by atoms with Crippen LogP contribution in [0, 0.1) is 6.92 Å². The third kappa shape index (κ3) is 4.55. The lowest BCUT2D eigenvalue weighted by atomic mass is 10.1. The highest BCUT2D eigenvalue weighted by atomic mass is 79.9. The summed E-state index contributed by atoms with van der Waals surface area (Å²) in [7, 11) is -8.24. The van der Waals surface area contributed by atoms with Crippen LogP contribution in [0.1, 0.15) is 16.7 Å². The van der Waals surface area contributed by atoms with Crippen LogP contribution in [0.15, 0.2) is 97.7 Å². The Morgan fingerprint density at radius 1 is 0.844 bits per heavy atom. The second kappa shape index (κ2) is 8.65. The number of hydrogen-bond acceptors (Lipinski definition) is 4. The first kappa shape index (κ1) is 22.4. The highest BCUT2D eigenvalue weighted by Crippen LogP contribution is 2.26. The SMILES string of the molecule is Cc1ccc(S(=O)(=O)N2C=Cc3ccccc3C/C2=N/S(=O)(=O)c2ccc(Br)cc2)cc1. The Bertz CT molecular complexity index is 1430. The van der Waals surface area contributed by atoms with Crippen LogP contribution in [-0.2, 0) is 26.5 Å². The van der Waals surface area contributed by atoms with Crippen LogP contribution in [-0.4, -0.2) is 27.0 Å². The van der Waals surface area contributed by atoms with Crippen molar-refractivity contribution in [2.45, 2.75) is 23.1 Å². The highest BCUT2D eigenvalue weighted by molar-refractivity contribution is 9.10. The van der Waals surface area contributed by atoms with E-state index in [2.05, 4.69) is 20.3 Å². The molecule has 9 heteroatoms. The minimum Gasteiger partial charge on any atom is -0.227 e. The normalized spacial score (nSPS) is 15.4. The van der Waals surface area contributed by atoms with Crippen molar-refractivity contribution in [3.63, 3.8) is 0 Å². The van der Waals surface area contributed by atoms with Gasteiger partial charge in [-0.1, -0.05) is 57.9 Å². The van der Waals surface area contributed by atoms with Crippen molar-refractivity contribution >= 4 is 47.9 Å². The van der Waals surface area contributed by atoms with Gasteiger partial charge >= 0.3 is 0 Å². The molecule has 4 rings (SSSR count). The lowest BCUT2D eigenvalue weighted by molar-refractivity contribution is 0.562. The summed E-state index contributed by atoms with van der Waals surface area (Å²) in [4.78, 5) is 0.0230. The molecule has 32 heavy (non-hydrogen) atoms. The number of benzene rings is 3. The van der Waals surface area contributed by atoms with Crippen molar-refractivity contribution in [1.29, 1.82) is 0 Å². The zero-order valence-electron chi connectivity index (χ0n) is 17.0. The van der Waals surface area contributed by atoms with Crippen LogP contribution in [0.4, 0.5) is 0 Å². The maximum atomic E-state index is 13.5. The third-order valence-corrected chi connectivity index (χ3v) is 8.53. The average Bonchev–Trinajstić information content (AvgIpc) is 2.93. The minimum absolute atomic E-state index is 0.0256. The van der Waals surface area contributed by atoms with E-state index in [1.54, 1.807) is 30.3 Å². The van der Waals surface area contributed by atoms with Gasteiger partial charge in [0.2, 0.25) is 0 Å². The first-order chi connectivity index (χ1) is 15.2. The third-order valence-electron chi connectivity index (χ3n) is 4.96. The Kier molecular flexibility index (Phi) is 6.07. The molecule has 0 saturated carbocycles. The van der Waals surface area contributed by atoms with Crippen LogP contribution in [0.2, 0.25) is 0 Å². The quantitative estimate of drug-likeness (QED) is 0.486. The van der Waals surface area contributed by atoms with Gasteiger partial charge in [0.1, 0.15) is 5.84 Å². The van der Waals surface area contributed by atoms with E-state index in [1.165, 1.54) is 30.5 Å². The lowest BCUT2D eigenvalue weighted by Crippen LogP contribution is -2.33. The largest absolute Gasteiger partial charge is 0.283 e. The van der Waals surface area contributed by atoms with Gasteiger partial charge in [0, 0.05) is 17.1 Å². The number of fused-ring (bicyclic) bond motifs is 1. The molecule has 0 aromatic heterocycles. The summed E-state index contributed by atoms with van der Waals surface area (Å²) in [6.07, 6.45) is 3.04. The lowest BCUT2D eigenvalue weighted by Gasteiger charge is -2.21. The Balaban J connectivity index is 1.87. The smallest absolute Gasteiger partial charge is 0.227 e. The molecule has 0 bridgehead atoms. The van der Waals surface area contributed by atoms with Crippen LogP contribution in [0.25, 0.3) is 6.08 Å². The van der Waals surface area contributed by atoms with Gasteiger partial charge in [-0.15, -0.1) is 4.40 Å². The molecule has 1 aliphatic heterocycles. The van der Waals surface area contributed by atoms with E-state index in [4.69, 9.17) is 0 Å².